The third-order valence-electron chi connectivity index (χ3n) is 4.18. The van der Waals surface area contributed by atoms with Crippen LogP contribution in [-0.4, -0.2) is 44.3 Å². The lowest BCUT2D eigenvalue weighted by Crippen LogP contribution is -2.33. The maximum absolute atomic E-state index is 12.6. The Balaban J connectivity index is 2.06. The largest absolute Gasteiger partial charge is 0.497 e. The molecule has 1 aliphatic rings. The molecule has 0 aromatic heterocycles. The molecule has 0 saturated heterocycles. The maximum atomic E-state index is 12.6. The first kappa shape index (κ1) is 19.6. The minimum absolute atomic E-state index is 0.239. The van der Waals surface area contributed by atoms with Gasteiger partial charge in [0.1, 0.15) is 11.5 Å². The summed E-state index contributed by atoms with van der Waals surface area (Å²) in [5.41, 5.74) is 1.05. The standard InChI is InChI=1S/C20H31NO4/c1-15(2)10-20(22)21(17-6-7-17)14-16-11-18(24-4)13-19(12-16)25-9-5-8-23-3/h11-13,15,17H,5-10,14H2,1-4H3. The van der Waals surface area contributed by atoms with E-state index < -0.39 is 0 Å². The van der Waals surface area contributed by atoms with Crippen molar-refractivity contribution in [3.05, 3.63) is 23.8 Å². The molecular weight excluding hydrogens is 318 g/mol. The number of methoxy groups -OCH3 is 2. The number of ether oxygens (including phenoxy) is 3. The molecule has 0 unspecified atom stereocenters. The lowest BCUT2D eigenvalue weighted by atomic mass is 10.1. The Morgan fingerprint density at radius 3 is 2.48 bits per heavy atom. The molecule has 1 aromatic carbocycles. The van der Waals surface area contributed by atoms with Gasteiger partial charge in [0, 0.05) is 45.2 Å². The Kier molecular flexibility index (Phi) is 7.56. The number of amides is 1. The van der Waals surface area contributed by atoms with Crippen molar-refractivity contribution in [2.45, 2.75) is 52.1 Å². The summed E-state index contributed by atoms with van der Waals surface area (Å²) in [5.74, 6) is 2.14. The van der Waals surface area contributed by atoms with Gasteiger partial charge in [-0.1, -0.05) is 13.8 Å². The van der Waals surface area contributed by atoms with Gasteiger partial charge in [0.15, 0.2) is 0 Å². The lowest BCUT2D eigenvalue weighted by molar-refractivity contribution is -0.133. The summed E-state index contributed by atoms with van der Waals surface area (Å²) in [4.78, 5) is 14.6. The number of benzene rings is 1. The van der Waals surface area contributed by atoms with Crippen LogP contribution in [0.4, 0.5) is 0 Å². The fourth-order valence-electron chi connectivity index (χ4n) is 2.79. The molecule has 5 heteroatoms. The summed E-state index contributed by atoms with van der Waals surface area (Å²) < 4.78 is 16.3. The highest BCUT2D eigenvalue weighted by molar-refractivity contribution is 5.77. The van der Waals surface area contributed by atoms with Crippen LogP contribution in [0, 0.1) is 5.92 Å². The van der Waals surface area contributed by atoms with Crippen molar-refractivity contribution in [1.82, 2.24) is 4.90 Å². The van der Waals surface area contributed by atoms with Crippen LogP contribution in [0.5, 0.6) is 11.5 Å². The minimum Gasteiger partial charge on any atom is -0.497 e. The van der Waals surface area contributed by atoms with Crippen molar-refractivity contribution in [3.8, 4) is 11.5 Å². The van der Waals surface area contributed by atoms with Gasteiger partial charge in [0.2, 0.25) is 5.91 Å². The van der Waals surface area contributed by atoms with E-state index >= 15 is 0 Å². The predicted octanol–water partition coefficient (Wildman–Crippen LogP) is 3.65. The van der Waals surface area contributed by atoms with Crippen molar-refractivity contribution in [2.24, 2.45) is 5.92 Å². The fraction of sp³-hybridized carbons (Fsp3) is 0.650. The zero-order valence-corrected chi connectivity index (χ0v) is 15.9. The van der Waals surface area contributed by atoms with Crippen molar-refractivity contribution in [2.75, 3.05) is 27.4 Å². The Bertz CT molecular complexity index is 555. The predicted molar refractivity (Wildman–Crippen MR) is 98.0 cm³/mol. The number of hydrogen-bond donors (Lipinski definition) is 0. The minimum atomic E-state index is 0.239. The van der Waals surface area contributed by atoms with Crippen LogP contribution in [0.25, 0.3) is 0 Å². The highest BCUT2D eigenvalue weighted by atomic mass is 16.5. The molecule has 0 bridgehead atoms. The average molecular weight is 349 g/mol. The second kappa shape index (κ2) is 9.66. The molecule has 0 N–H and O–H groups in total. The monoisotopic (exact) mass is 349 g/mol. The third-order valence-corrected chi connectivity index (χ3v) is 4.18. The summed E-state index contributed by atoms with van der Waals surface area (Å²) in [5, 5.41) is 0. The fourth-order valence-corrected chi connectivity index (χ4v) is 2.79. The molecule has 0 aliphatic heterocycles. The van der Waals surface area contributed by atoms with Gasteiger partial charge in [-0.3, -0.25) is 4.79 Å². The Morgan fingerprint density at radius 2 is 1.88 bits per heavy atom. The van der Waals surface area contributed by atoms with Gasteiger partial charge in [-0.25, -0.2) is 0 Å². The Labute approximate surface area is 151 Å². The molecule has 1 aromatic rings. The van der Waals surface area contributed by atoms with Gasteiger partial charge in [-0.05, 0) is 36.5 Å². The smallest absolute Gasteiger partial charge is 0.223 e. The van der Waals surface area contributed by atoms with E-state index in [0.29, 0.717) is 38.1 Å². The van der Waals surface area contributed by atoms with Crippen LogP contribution in [-0.2, 0) is 16.1 Å². The van der Waals surface area contributed by atoms with Crippen LogP contribution in [0.1, 0.15) is 45.1 Å². The Hall–Kier alpha value is -1.75. The molecule has 0 atom stereocenters. The van der Waals surface area contributed by atoms with Gasteiger partial charge >= 0.3 is 0 Å². The lowest BCUT2D eigenvalue weighted by Gasteiger charge is -2.24. The first-order chi connectivity index (χ1) is 12.0. The topological polar surface area (TPSA) is 48.0 Å². The van der Waals surface area contributed by atoms with Crippen molar-refractivity contribution in [1.29, 1.82) is 0 Å². The average Bonchev–Trinajstić information content (AvgIpc) is 3.40. The van der Waals surface area contributed by atoms with Crippen molar-refractivity contribution < 1.29 is 19.0 Å². The van der Waals surface area contributed by atoms with Crippen LogP contribution < -0.4 is 9.47 Å². The Morgan fingerprint density at radius 1 is 1.16 bits per heavy atom. The molecular formula is C20H31NO4. The van der Waals surface area contributed by atoms with E-state index in [-0.39, 0.29) is 5.91 Å². The van der Waals surface area contributed by atoms with Gasteiger partial charge in [-0.2, -0.15) is 0 Å². The van der Waals surface area contributed by atoms with E-state index in [0.717, 1.165) is 36.3 Å². The zero-order valence-electron chi connectivity index (χ0n) is 15.9. The summed E-state index contributed by atoms with van der Waals surface area (Å²) in [6.45, 7) is 6.05. The van der Waals surface area contributed by atoms with Crippen LogP contribution in [0.15, 0.2) is 18.2 Å². The van der Waals surface area contributed by atoms with Crippen LogP contribution in [0.2, 0.25) is 0 Å². The number of nitrogens with zero attached hydrogens (tertiary/aromatic N) is 1. The SMILES string of the molecule is COCCCOc1cc(CN(C(=O)CC(C)C)C2CC2)cc(OC)c1. The second-order valence-corrected chi connectivity index (χ2v) is 7.06. The van der Waals surface area contributed by atoms with Crippen LogP contribution >= 0.6 is 0 Å². The summed E-state index contributed by atoms with van der Waals surface area (Å²) in [7, 11) is 3.33. The maximum Gasteiger partial charge on any atom is 0.223 e. The normalized spacial score (nSPS) is 13.8. The van der Waals surface area contributed by atoms with E-state index in [9.17, 15) is 4.79 Å². The molecule has 1 fully saturated rings. The van der Waals surface area contributed by atoms with Gasteiger partial charge in [0.25, 0.3) is 0 Å². The quantitative estimate of drug-likeness (QED) is 0.572. The molecule has 0 spiro atoms. The molecule has 0 radical (unpaired) electrons. The molecule has 0 heterocycles. The number of hydrogen-bond acceptors (Lipinski definition) is 4. The highest BCUT2D eigenvalue weighted by Crippen LogP contribution is 2.31. The van der Waals surface area contributed by atoms with Gasteiger partial charge in [-0.15, -0.1) is 0 Å². The summed E-state index contributed by atoms with van der Waals surface area (Å²) in [6.07, 6.45) is 3.65. The highest BCUT2D eigenvalue weighted by Gasteiger charge is 2.32. The van der Waals surface area contributed by atoms with Crippen molar-refractivity contribution in [3.63, 3.8) is 0 Å². The number of carbonyl (C=O) groups excluding carboxylic acids is 1. The van der Waals surface area contributed by atoms with E-state index in [1.807, 2.05) is 23.1 Å². The zero-order chi connectivity index (χ0) is 18.2. The molecule has 140 valence electrons. The molecule has 1 aliphatic carbocycles. The van der Waals surface area contributed by atoms with E-state index in [4.69, 9.17) is 14.2 Å². The van der Waals surface area contributed by atoms with E-state index in [1.165, 1.54) is 0 Å². The molecule has 1 saturated carbocycles. The van der Waals surface area contributed by atoms with E-state index in [2.05, 4.69) is 13.8 Å². The summed E-state index contributed by atoms with van der Waals surface area (Å²) >= 11 is 0. The molecule has 2 rings (SSSR count). The van der Waals surface area contributed by atoms with E-state index in [1.54, 1.807) is 14.2 Å². The number of carbonyl (C=O) groups is 1. The van der Waals surface area contributed by atoms with Crippen LogP contribution in [0.3, 0.4) is 0 Å². The summed E-state index contributed by atoms with van der Waals surface area (Å²) in [6, 6.07) is 6.27. The molecule has 1 amide bonds. The number of rotatable bonds is 11. The first-order valence-electron chi connectivity index (χ1n) is 9.12. The first-order valence-corrected chi connectivity index (χ1v) is 9.12. The molecule has 25 heavy (non-hydrogen) atoms. The van der Waals surface area contributed by atoms with Crippen molar-refractivity contribution >= 4 is 5.91 Å². The van der Waals surface area contributed by atoms with Gasteiger partial charge < -0.3 is 19.1 Å². The third kappa shape index (κ3) is 6.58. The molecule has 5 nitrogen and oxygen atoms in total. The van der Waals surface area contributed by atoms with Gasteiger partial charge in [0.05, 0.1) is 13.7 Å². The second-order valence-electron chi connectivity index (χ2n) is 7.06.